The van der Waals surface area contributed by atoms with E-state index in [4.69, 9.17) is 9.26 Å². The van der Waals surface area contributed by atoms with Crippen LogP contribution in [0.4, 0.5) is 0 Å². The average Bonchev–Trinajstić information content (AvgIpc) is 2.56. The summed E-state index contributed by atoms with van der Waals surface area (Å²) in [4.78, 5) is 17.9. The number of carbonyl (C=O) groups is 1. The van der Waals surface area contributed by atoms with Crippen molar-refractivity contribution >= 4 is 37.7 Å². The van der Waals surface area contributed by atoms with Gasteiger partial charge in [0.15, 0.2) is 8.32 Å². The molecule has 4 nitrogen and oxygen atoms in total. The number of nitrogens with zero attached hydrogens (tertiary/aromatic N) is 1. The molecule has 25 heavy (non-hydrogen) atoms. The Morgan fingerprint density at radius 3 is 2.16 bits per heavy atom. The highest BCUT2D eigenvalue weighted by Crippen LogP contribution is 2.43. The van der Waals surface area contributed by atoms with Gasteiger partial charge in [0.05, 0.1) is 23.7 Å². The summed E-state index contributed by atoms with van der Waals surface area (Å²) < 4.78 is 7.30. The van der Waals surface area contributed by atoms with E-state index >= 15 is 0 Å². The van der Waals surface area contributed by atoms with Gasteiger partial charge in [-0.3, -0.25) is 9.63 Å². The summed E-state index contributed by atoms with van der Waals surface area (Å²) in [6.07, 6.45) is 1.18. The second-order valence-electron chi connectivity index (χ2n) is 8.47. The fourth-order valence-electron chi connectivity index (χ4n) is 2.66. The van der Waals surface area contributed by atoms with Crippen molar-refractivity contribution in [2.75, 3.05) is 25.7 Å². The Hall–Kier alpha value is 0.307. The third kappa shape index (κ3) is 6.16. The predicted molar refractivity (Wildman–Crippen MR) is 113 cm³/mol. The van der Waals surface area contributed by atoms with Gasteiger partial charge in [0.2, 0.25) is 0 Å². The van der Waals surface area contributed by atoms with E-state index < -0.39 is 8.32 Å². The zero-order valence-electron chi connectivity index (χ0n) is 17.4. The van der Waals surface area contributed by atoms with Crippen molar-refractivity contribution < 1.29 is 14.1 Å². The Balaban J connectivity index is 3.06. The number of hydrogen-bond acceptors (Lipinski definition) is 5. The van der Waals surface area contributed by atoms with E-state index in [0.29, 0.717) is 10.5 Å². The molecule has 0 unspecified atom stereocenters. The van der Waals surface area contributed by atoms with Crippen LogP contribution in [-0.2, 0) is 14.1 Å². The first-order valence-corrected chi connectivity index (χ1v) is 14.2. The van der Waals surface area contributed by atoms with E-state index in [2.05, 4.69) is 40.8 Å². The number of hydrogen-bond donors (Lipinski definition) is 0. The van der Waals surface area contributed by atoms with Crippen LogP contribution < -0.4 is 0 Å². The van der Waals surface area contributed by atoms with Crippen LogP contribution in [0, 0.1) is 11.8 Å². The fraction of sp³-hybridized carbons (Fsp3) is 0.944. The van der Waals surface area contributed by atoms with E-state index in [1.807, 2.05) is 30.4 Å². The molecule has 1 heterocycles. The summed E-state index contributed by atoms with van der Waals surface area (Å²) in [6.45, 7) is 15.5. The van der Waals surface area contributed by atoms with Crippen LogP contribution in [0.15, 0.2) is 0 Å². The first-order valence-electron chi connectivity index (χ1n) is 9.15. The summed E-state index contributed by atoms with van der Waals surface area (Å²) >= 11 is 4.04. The van der Waals surface area contributed by atoms with Crippen molar-refractivity contribution in [2.24, 2.45) is 11.8 Å². The Kier molecular flexibility index (Phi) is 8.86. The number of hydroxylamine groups is 2. The van der Waals surface area contributed by atoms with Gasteiger partial charge in [-0.1, -0.05) is 34.6 Å². The number of carbonyl (C=O) groups excluding carboxylic acids is 1. The van der Waals surface area contributed by atoms with Gasteiger partial charge in [0, 0.05) is 13.0 Å². The number of thioether (sulfide) groups is 2. The monoisotopic (exact) mass is 407 g/mol. The molecule has 3 atom stereocenters. The highest BCUT2D eigenvalue weighted by Gasteiger charge is 2.44. The highest BCUT2D eigenvalue weighted by molar-refractivity contribution is 8.17. The molecule has 148 valence electrons. The largest absolute Gasteiger partial charge is 0.413 e. The van der Waals surface area contributed by atoms with Gasteiger partial charge in [0.25, 0.3) is 5.91 Å². The lowest BCUT2D eigenvalue weighted by Crippen LogP contribution is -2.51. The molecule has 0 radical (unpaired) electrons. The number of amides is 1. The number of rotatable bonds is 7. The minimum atomic E-state index is -1.98. The van der Waals surface area contributed by atoms with Crippen molar-refractivity contribution in [3.63, 3.8) is 0 Å². The van der Waals surface area contributed by atoms with Gasteiger partial charge in [0.1, 0.15) is 0 Å². The lowest BCUT2D eigenvalue weighted by molar-refractivity contribution is -0.176. The van der Waals surface area contributed by atoms with E-state index in [1.165, 1.54) is 30.1 Å². The summed E-state index contributed by atoms with van der Waals surface area (Å²) in [5.41, 5.74) is 0. The molecule has 1 amide bonds. The fourth-order valence-corrected chi connectivity index (χ4v) is 7.26. The lowest BCUT2D eigenvalue weighted by atomic mass is 9.94. The summed E-state index contributed by atoms with van der Waals surface area (Å²) in [5.74, 6) is 2.49. The van der Waals surface area contributed by atoms with Crippen molar-refractivity contribution in [2.45, 2.75) is 69.9 Å². The van der Waals surface area contributed by atoms with Gasteiger partial charge in [-0.2, -0.15) is 0 Å². The van der Waals surface area contributed by atoms with Gasteiger partial charge < -0.3 is 4.43 Å². The molecule has 0 aliphatic carbocycles. The Labute approximate surface area is 164 Å². The molecule has 0 aromatic carbocycles. The second kappa shape index (κ2) is 9.49. The summed E-state index contributed by atoms with van der Waals surface area (Å²) in [6, 6.07) is 0. The lowest BCUT2D eigenvalue weighted by Gasteiger charge is -2.44. The summed E-state index contributed by atoms with van der Waals surface area (Å²) in [5, 5.41) is 1.45. The van der Waals surface area contributed by atoms with Crippen LogP contribution in [0.3, 0.4) is 0 Å². The maximum Gasteiger partial charge on any atom is 0.251 e. The molecular formula is C18H37NO3S2Si. The van der Waals surface area contributed by atoms with E-state index in [0.717, 1.165) is 0 Å². The van der Waals surface area contributed by atoms with Gasteiger partial charge in [-0.15, -0.1) is 23.5 Å². The van der Waals surface area contributed by atoms with Gasteiger partial charge in [-0.05, 0) is 36.1 Å². The molecule has 7 heteroatoms. The molecule has 1 aliphatic heterocycles. The third-order valence-corrected chi connectivity index (χ3v) is 13.4. The van der Waals surface area contributed by atoms with Gasteiger partial charge in [-0.25, -0.2) is 5.06 Å². The molecule has 1 saturated heterocycles. The van der Waals surface area contributed by atoms with Crippen molar-refractivity contribution in [1.29, 1.82) is 0 Å². The molecule has 0 aromatic heterocycles. The van der Waals surface area contributed by atoms with Crippen LogP contribution in [0.5, 0.6) is 0 Å². The molecule has 1 aliphatic rings. The zero-order chi connectivity index (χ0) is 19.4. The quantitative estimate of drug-likeness (QED) is 0.445. The van der Waals surface area contributed by atoms with Crippen LogP contribution >= 0.6 is 23.5 Å². The topological polar surface area (TPSA) is 38.8 Å². The summed E-state index contributed by atoms with van der Waals surface area (Å²) in [7, 11) is 1.23. The molecule has 1 rings (SSSR count). The molecule has 0 saturated carbocycles. The Morgan fingerprint density at radius 1 is 1.20 bits per heavy atom. The molecule has 0 aromatic rings. The van der Waals surface area contributed by atoms with Crippen molar-refractivity contribution in [1.82, 2.24) is 5.06 Å². The smallest absolute Gasteiger partial charge is 0.251 e. The normalized spacial score (nSPS) is 20.8. The third-order valence-electron chi connectivity index (χ3n) is 5.50. The maximum absolute atomic E-state index is 12.8. The van der Waals surface area contributed by atoms with Crippen LogP contribution in [0.25, 0.3) is 0 Å². The zero-order valence-corrected chi connectivity index (χ0v) is 20.1. The minimum Gasteiger partial charge on any atom is -0.413 e. The maximum atomic E-state index is 12.8. The van der Waals surface area contributed by atoms with E-state index in [9.17, 15) is 4.79 Å². The van der Waals surface area contributed by atoms with Crippen LogP contribution in [0.1, 0.15) is 41.0 Å². The predicted octanol–water partition coefficient (Wildman–Crippen LogP) is 4.87. The average molecular weight is 408 g/mol. The van der Waals surface area contributed by atoms with Crippen molar-refractivity contribution in [3.8, 4) is 0 Å². The SMILES string of the molecule is CON(C)C(=O)[C@@H](C)[C@H](O[Si](C)(C)C(C)(C)C)[C@H](C)C1SCCCS1. The van der Waals surface area contributed by atoms with E-state index in [-0.39, 0.29) is 23.0 Å². The van der Waals surface area contributed by atoms with E-state index in [1.54, 1.807) is 7.05 Å². The Morgan fingerprint density at radius 2 is 1.72 bits per heavy atom. The second-order valence-corrected chi connectivity index (χ2v) is 16.0. The van der Waals surface area contributed by atoms with Crippen molar-refractivity contribution in [3.05, 3.63) is 0 Å². The van der Waals surface area contributed by atoms with Gasteiger partial charge >= 0.3 is 0 Å². The van der Waals surface area contributed by atoms with Crippen LogP contribution in [0.2, 0.25) is 18.1 Å². The molecular weight excluding hydrogens is 370 g/mol. The highest BCUT2D eigenvalue weighted by atomic mass is 32.2. The molecule has 0 bridgehead atoms. The first kappa shape index (κ1) is 23.3. The molecule has 0 N–H and O–H groups in total. The molecule has 1 fully saturated rings. The standard InChI is InChI=1S/C18H37NO3S2Si/c1-13(16(20)19(6)21-7)15(22-25(8,9)18(3,4)5)14(2)17-23-11-10-12-24-17/h13-15,17H,10-12H2,1-9H3/t13-,14-,15-/m0/s1. The Bertz CT molecular complexity index is 437. The first-order chi connectivity index (χ1) is 11.4. The minimum absolute atomic E-state index is 0.0103. The van der Waals surface area contributed by atoms with Crippen LogP contribution in [-0.4, -0.2) is 55.6 Å². The molecule has 0 spiro atoms.